The predicted molar refractivity (Wildman–Crippen MR) is 132 cm³/mol. The number of amides is 2. The zero-order valence-electron chi connectivity index (χ0n) is 19.2. The Hall–Kier alpha value is -3.44. The number of anilines is 3. The van der Waals surface area contributed by atoms with Gasteiger partial charge >= 0.3 is 0 Å². The van der Waals surface area contributed by atoms with Crippen molar-refractivity contribution >= 4 is 40.9 Å². The highest BCUT2D eigenvalue weighted by atomic mass is 32.2. The zero-order chi connectivity index (χ0) is 24.4. The Morgan fingerprint density at radius 1 is 1.17 bits per heavy atom. The highest BCUT2D eigenvalue weighted by Crippen LogP contribution is 2.33. The van der Waals surface area contributed by atoms with Crippen LogP contribution in [0.25, 0.3) is 5.69 Å². The number of fused-ring (bicyclic) bond motifs is 1. The lowest BCUT2D eigenvalue weighted by atomic mass is 10.2. The number of thioether (sulfide) groups is 1. The molecule has 0 aliphatic carbocycles. The van der Waals surface area contributed by atoms with Gasteiger partial charge in [0.25, 0.3) is 0 Å². The number of ether oxygens (including phenoxy) is 1. The van der Waals surface area contributed by atoms with Crippen molar-refractivity contribution in [2.75, 3.05) is 47.2 Å². The molecule has 2 aliphatic rings. The van der Waals surface area contributed by atoms with E-state index < -0.39 is 0 Å². The molecule has 1 N–H and O–H groups in total. The molecule has 0 bridgehead atoms. The molecular weight excluding hydrogens is 471 g/mol. The van der Waals surface area contributed by atoms with Crippen molar-refractivity contribution in [2.24, 2.45) is 0 Å². The molecule has 2 aromatic carbocycles. The summed E-state index contributed by atoms with van der Waals surface area (Å²) in [4.78, 5) is 29.4. The van der Waals surface area contributed by atoms with Crippen LogP contribution in [-0.4, -0.2) is 64.7 Å². The first-order chi connectivity index (χ1) is 17.0. The van der Waals surface area contributed by atoms with Gasteiger partial charge in [-0.1, -0.05) is 30.0 Å². The number of para-hydroxylation sites is 2. The van der Waals surface area contributed by atoms with Crippen LogP contribution >= 0.6 is 11.8 Å². The van der Waals surface area contributed by atoms with Crippen molar-refractivity contribution in [3.8, 4) is 5.69 Å². The van der Waals surface area contributed by atoms with Gasteiger partial charge in [0.2, 0.25) is 17.8 Å². The van der Waals surface area contributed by atoms with Crippen molar-refractivity contribution in [2.45, 2.75) is 24.5 Å². The first-order valence-electron chi connectivity index (χ1n) is 11.4. The molecule has 1 saturated heterocycles. The van der Waals surface area contributed by atoms with Gasteiger partial charge in [-0.05, 0) is 37.3 Å². The van der Waals surface area contributed by atoms with Crippen LogP contribution in [0.3, 0.4) is 0 Å². The van der Waals surface area contributed by atoms with Gasteiger partial charge in [-0.25, -0.2) is 4.39 Å². The fourth-order valence-electron chi connectivity index (χ4n) is 4.33. The molecule has 0 unspecified atom stereocenters. The minimum Gasteiger partial charge on any atom is -0.378 e. The Bertz CT molecular complexity index is 1250. The SMILES string of the molecule is C[C@@H]1CC(=O)Nc2ccccc2N1C(=O)CSc1nnc(N2CCOCC2)n1-c1cccc(F)c1. The number of hydrogen-bond acceptors (Lipinski definition) is 7. The maximum Gasteiger partial charge on any atom is 0.237 e. The first-order valence-corrected chi connectivity index (χ1v) is 12.4. The summed E-state index contributed by atoms with van der Waals surface area (Å²) >= 11 is 1.23. The lowest BCUT2D eigenvalue weighted by Gasteiger charge is -2.28. The number of carbonyl (C=O) groups excluding carboxylic acids is 2. The molecule has 0 spiro atoms. The molecule has 3 heterocycles. The van der Waals surface area contributed by atoms with Crippen molar-refractivity contribution in [1.82, 2.24) is 14.8 Å². The molecule has 0 saturated carbocycles. The third-order valence-electron chi connectivity index (χ3n) is 5.93. The van der Waals surface area contributed by atoms with Gasteiger partial charge in [0.05, 0.1) is 36.0 Å². The van der Waals surface area contributed by atoms with Gasteiger partial charge in [-0.3, -0.25) is 14.2 Å². The summed E-state index contributed by atoms with van der Waals surface area (Å²) in [6.45, 7) is 4.27. The third-order valence-corrected chi connectivity index (χ3v) is 6.84. The average Bonchev–Trinajstić information content (AvgIpc) is 3.23. The molecule has 3 aromatic rings. The number of benzene rings is 2. The minimum atomic E-state index is -0.372. The molecule has 0 radical (unpaired) electrons. The molecule has 1 atom stereocenters. The Kier molecular flexibility index (Phi) is 6.69. The van der Waals surface area contributed by atoms with Gasteiger partial charge in [-0.15, -0.1) is 10.2 Å². The lowest BCUT2D eigenvalue weighted by Crippen LogP contribution is -2.40. The van der Waals surface area contributed by atoms with Gasteiger partial charge in [0, 0.05) is 25.6 Å². The highest BCUT2D eigenvalue weighted by Gasteiger charge is 2.30. The first kappa shape index (κ1) is 23.3. The second-order valence-corrected chi connectivity index (χ2v) is 9.31. The number of nitrogens with zero attached hydrogens (tertiary/aromatic N) is 5. The minimum absolute atomic E-state index is 0.0728. The quantitative estimate of drug-likeness (QED) is 0.543. The van der Waals surface area contributed by atoms with Gasteiger partial charge in [0.1, 0.15) is 5.82 Å². The third kappa shape index (κ3) is 4.87. The van der Waals surface area contributed by atoms with E-state index in [2.05, 4.69) is 15.5 Å². The maximum absolute atomic E-state index is 14.1. The summed E-state index contributed by atoms with van der Waals surface area (Å²) < 4.78 is 21.3. The summed E-state index contributed by atoms with van der Waals surface area (Å²) in [5, 5.41) is 12.1. The predicted octanol–water partition coefficient (Wildman–Crippen LogP) is 3.10. The molecule has 5 rings (SSSR count). The summed E-state index contributed by atoms with van der Waals surface area (Å²) in [6, 6.07) is 13.2. The Balaban J connectivity index is 1.43. The topological polar surface area (TPSA) is 92.6 Å². The zero-order valence-corrected chi connectivity index (χ0v) is 20.0. The summed E-state index contributed by atoms with van der Waals surface area (Å²) in [6.07, 6.45) is 0.200. The van der Waals surface area contributed by atoms with Crippen LogP contribution in [0.15, 0.2) is 53.7 Å². The molecule has 9 nitrogen and oxygen atoms in total. The van der Waals surface area contributed by atoms with Crippen molar-refractivity contribution in [1.29, 1.82) is 0 Å². The van der Waals surface area contributed by atoms with Gasteiger partial charge < -0.3 is 19.9 Å². The fraction of sp³-hybridized carbons (Fsp3) is 0.333. The number of rotatable bonds is 5. The van der Waals surface area contributed by atoms with E-state index in [0.29, 0.717) is 54.5 Å². The number of hydrogen-bond donors (Lipinski definition) is 1. The molecule has 1 fully saturated rings. The van der Waals surface area contributed by atoms with E-state index in [1.165, 1.54) is 23.9 Å². The summed E-state index contributed by atoms with van der Waals surface area (Å²) in [5.74, 6) is -0.00816. The molecule has 35 heavy (non-hydrogen) atoms. The van der Waals surface area contributed by atoms with E-state index in [1.54, 1.807) is 27.7 Å². The van der Waals surface area contributed by atoms with Gasteiger partial charge in [0.15, 0.2) is 5.16 Å². The van der Waals surface area contributed by atoms with E-state index in [0.717, 1.165) is 0 Å². The molecular formula is C24H25FN6O3S. The van der Waals surface area contributed by atoms with Gasteiger partial charge in [-0.2, -0.15) is 0 Å². The summed E-state index contributed by atoms with van der Waals surface area (Å²) in [5.41, 5.74) is 1.85. The normalized spacial score (nSPS) is 18.1. The maximum atomic E-state index is 14.1. The molecule has 2 aliphatic heterocycles. The molecule has 1 aromatic heterocycles. The number of halogens is 1. The Morgan fingerprint density at radius 3 is 2.77 bits per heavy atom. The number of carbonyl (C=O) groups is 2. The van der Waals surface area contributed by atoms with Crippen LogP contribution in [0.5, 0.6) is 0 Å². The van der Waals surface area contributed by atoms with Crippen LogP contribution in [0, 0.1) is 5.82 Å². The largest absolute Gasteiger partial charge is 0.378 e. The lowest BCUT2D eigenvalue weighted by molar-refractivity contribution is -0.117. The molecule has 182 valence electrons. The van der Waals surface area contributed by atoms with Crippen LogP contribution in [0.1, 0.15) is 13.3 Å². The van der Waals surface area contributed by atoms with Crippen LogP contribution in [-0.2, 0) is 14.3 Å². The summed E-state index contributed by atoms with van der Waals surface area (Å²) in [7, 11) is 0. The number of nitrogens with one attached hydrogen (secondary N) is 1. The van der Waals surface area contributed by atoms with E-state index in [-0.39, 0.29) is 35.8 Å². The highest BCUT2D eigenvalue weighted by molar-refractivity contribution is 7.99. The van der Waals surface area contributed by atoms with Crippen molar-refractivity contribution < 1.29 is 18.7 Å². The van der Waals surface area contributed by atoms with Crippen LogP contribution in [0.2, 0.25) is 0 Å². The smallest absolute Gasteiger partial charge is 0.237 e. The van der Waals surface area contributed by atoms with Crippen molar-refractivity contribution in [3.05, 3.63) is 54.3 Å². The van der Waals surface area contributed by atoms with Crippen molar-refractivity contribution in [3.63, 3.8) is 0 Å². The molecule has 11 heteroatoms. The monoisotopic (exact) mass is 496 g/mol. The second kappa shape index (κ2) is 10.0. The van der Waals surface area contributed by atoms with E-state index in [9.17, 15) is 14.0 Å². The molecule has 2 amide bonds. The second-order valence-electron chi connectivity index (χ2n) is 8.37. The number of morpholine rings is 1. The average molecular weight is 497 g/mol. The Morgan fingerprint density at radius 2 is 1.97 bits per heavy atom. The van der Waals surface area contributed by atoms with E-state index in [4.69, 9.17) is 4.74 Å². The fourth-order valence-corrected chi connectivity index (χ4v) is 5.14. The van der Waals surface area contributed by atoms with Crippen LogP contribution < -0.4 is 15.1 Å². The standard InChI is InChI=1S/C24H25FN6O3S/c1-16-13-21(32)26-19-7-2-3-8-20(19)30(16)22(33)15-35-24-28-27-23(29-9-11-34-12-10-29)31(24)18-6-4-5-17(25)14-18/h2-8,14,16H,9-13,15H2,1H3,(H,26,32)/t16-/m1/s1. The van der Waals surface area contributed by atoms with Crippen LogP contribution in [0.4, 0.5) is 21.7 Å². The van der Waals surface area contributed by atoms with E-state index in [1.807, 2.05) is 30.0 Å². The van der Waals surface area contributed by atoms with E-state index >= 15 is 0 Å². The number of aromatic nitrogens is 3. The Labute approximate surface area is 206 Å².